The topological polar surface area (TPSA) is 96.0 Å². The van der Waals surface area contributed by atoms with Crippen molar-refractivity contribution in [3.05, 3.63) is 57.5 Å². The minimum Gasteiger partial charge on any atom is -0.495 e. The second-order valence-corrected chi connectivity index (χ2v) is 12.1. The van der Waals surface area contributed by atoms with E-state index in [0.717, 1.165) is 46.3 Å². The molecule has 1 aliphatic carbocycles. The van der Waals surface area contributed by atoms with Crippen LogP contribution in [0, 0.1) is 0 Å². The number of methoxy groups -OCH3 is 1. The van der Waals surface area contributed by atoms with E-state index in [1.807, 2.05) is 24.3 Å². The van der Waals surface area contributed by atoms with Crippen molar-refractivity contribution in [1.29, 1.82) is 0 Å². The molecule has 196 valence electrons. The van der Waals surface area contributed by atoms with Crippen molar-refractivity contribution in [3.8, 4) is 5.75 Å². The highest BCUT2D eigenvalue weighted by Crippen LogP contribution is 2.30. The lowest BCUT2D eigenvalue weighted by molar-refractivity contribution is -0.139. The molecular formula is C25H31BrClN3O5S. The Labute approximate surface area is 226 Å². The Morgan fingerprint density at radius 1 is 1.17 bits per heavy atom. The summed E-state index contributed by atoms with van der Waals surface area (Å²) in [5.74, 6) is -0.385. The average molecular weight is 601 g/mol. The molecule has 2 aromatic rings. The molecule has 2 aromatic carbocycles. The molecule has 0 heterocycles. The summed E-state index contributed by atoms with van der Waals surface area (Å²) < 4.78 is 32.4. The lowest BCUT2D eigenvalue weighted by Gasteiger charge is -2.32. The number of nitrogens with one attached hydrogen (secondary N) is 1. The molecule has 1 saturated carbocycles. The van der Waals surface area contributed by atoms with Crippen molar-refractivity contribution >= 4 is 55.1 Å². The molecule has 0 radical (unpaired) electrons. The predicted octanol–water partition coefficient (Wildman–Crippen LogP) is 4.35. The molecule has 0 spiro atoms. The summed E-state index contributed by atoms with van der Waals surface area (Å²) in [6, 6.07) is 11.2. The lowest BCUT2D eigenvalue weighted by Crippen LogP contribution is -2.52. The Kier molecular flexibility index (Phi) is 9.66. The molecule has 0 aromatic heterocycles. The van der Waals surface area contributed by atoms with E-state index in [0.29, 0.717) is 5.75 Å². The first-order chi connectivity index (χ1) is 17.0. The number of hydrogen-bond acceptors (Lipinski definition) is 5. The van der Waals surface area contributed by atoms with Gasteiger partial charge in [0.1, 0.15) is 18.3 Å². The standard InChI is InChI=1S/C25H31BrClN3O5S/c1-17(25(32)28-20-6-4-5-7-20)29(15-18-8-10-19(26)11-9-18)24(31)16-30(36(3,33)34)21-12-13-23(35-2)22(27)14-21/h8-14,17,20H,4-7,15-16H2,1-3H3,(H,28,32). The van der Waals surface area contributed by atoms with Crippen LogP contribution in [0.2, 0.25) is 5.02 Å². The van der Waals surface area contributed by atoms with E-state index >= 15 is 0 Å². The van der Waals surface area contributed by atoms with Gasteiger partial charge in [-0.3, -0.25) is 13.9 Å². The molecule has 11 heteroatoms. The average Bonchev–Trinajstić information content (AvgIpc) is 3.33. The Balaban J connectivity index is 1.89. The zero-order valence-corrected chi connectivity index (χ0v) is 23.7. The lowest BCUT2D eigenvalue weighted by atomic mass is 10.1. The number of rotatable bonds is 10. The molecular weight excluding hydrogens is 570 g/mol. The fourth-order valence-corrected chi connectivity index (χ4v) is 5.54. The molecule has 0 bridgehead atoms. The SMILES string of the molecule is COc1ccc(N(CC(=O)N(Cc2ccc(Br)cc2)C(C)C(=O)NC2CCCC2)S(C)(=O)=O)cc1Cl. The molecule has 0 saturated heterocycles. The Morgan fingerprint density at radius 3 is 2.36 bits per heavy atom. The van der Waals surface area contributed by atoms with Crippen LogP contribution in [0.25, 0.3) is 0 Å². The van der Waals surface area contributed by atoms with Gasteiger partial charge in [0.05, 0.1) is 24.1 Å². The van der Waals surface area contributed by atoms with Crippen LogP contribution in [0.1, 0.15) is 38.2 Å². The molecule has 36 heavy (non-hydrogen) atoms. The van der Waals surface area contributed by atoms with Crippen molar-refractivity contribution in [2.24, 2.45) is 0 Å². The fourth-order valence-electron chi connectivity index (χ4n) is 4.19. The Bertz CT molecular complexity index is 1190. The van der Waals surface area contributed by atoms with Crippen molar-refractivity contribution in [1.82, 2.24) is 10.2 Å². The number of sulfonamides is 1. The number of amides is 2. The summed E-state index contributed by atoms with van der Waals surface area (Å²) in [6.45, 7) is 1.32. The van der Waals surface area contributed by atoms with Crippen LogP contribution in [0.4, 0.5) is 5.69 Å². The van der Waals surface area contributed by atoms with Gasteiger partial charge in [-0.15, -0.1) is 0 Å². The fraction of sp³-hybridized carbons (Fsp3) is 0.440. The van der Waals surface area contributed by atoms with E-state index in [1.54, 1.807) is 6.92 Å². The van der Waals surface area contributed by atoms with Gasteiger partial charge in [0.25, 0.3) is 0 Å². The van der Waals surface area contributed by atoms with Crippen LogP contribution < -0.4 is 14.4 Å². The van der Waals surface area contributed by atoms with Gasteiger partial charge >= 0.3 is 0 Å². The third-order valence-corrected chi connectivity index (χ3v) is 8.20. The molecule has 2 amide bonds. The first kappa shape index (κ1) is 28.3. The van der Waals surface area contributed by atoms with E-state index in [9.17, 15) is 18.0 Å². The number of hydrogen-bond donors (Lipinski definition) is 1. The Morgan fingerprint density at radius 2 is 1.81 bits per heavy atom. The summed E-state index contributed by atoms with van der Waals surface area (Å²) >= 11 is 9.62. The second-order valence-electron chi connectivity index (χ2n) is 8.90. The van der Waals surface area contributed by atoms with E-state index in [1.165, 1.54) is 30.2 Å². The van der Waals surface area contributed by atoms with E-state index in [2.05, 4.69) is 21.2 Å². The smallest absolute Gasteiger partial charge is 0.244 e. The summed E-state index contributed by atoms with van der Waals surface area (Å²) in [5.41, 5.74) is 1.04. The first-order valence-electron chi connectivity index (χ1n) is 11.6. The summed E-state index contributed by atoms with van der Waals surface area (Å²) in [6.07, 6.45) is 4.98. The minimum absolute atomic E-state index is 0.0959. The Hall–Kier alpha value is -2.30. The van der Waals surface area contributed by atoms with Crippen molar-refractivity contribution < 1.29 is 22.7 Å². The van der Waals surface area contributed by atoms with Gasteiger partial charge in [-0.2, -0.15) is 0 Å². The van der Waals surface area contributed by atoms with Crippen LogP contribution in [0.3, 0.4) is 0 Å². The maximum Gasteiger partial charge on any atom is 0.244 e. The van der Waals surface area contributed by atoms with Crippen molar-refractivity contribution in [3.63, 3.8) is 0 Å². The number of benzene rings is 2. The van der Waals surface area contributed by atoms with Crippen LogP contribution in [-0.4, -0.2) is 57.1 Å². The molecule has 0 aliphatic heterocycles. The predicted molar refractivity (Wildman–Crippen MR) is 145 cm³/mol. The van der Waals surface area contributed by atoms with Gasteiger partial charge in [0, 0.05) is 17.1 Å². The number of nitrogens with zero attached hydrogens (tertiary/aromatic N) is 2. The maximum absolute atomic E-state index is 13.6. The molecule has 1 atom stereocenters. The number of carbonyl (C=O) groups excluding carboxylic acids is 2. The van der Waals surface area contributed by atoms with Crippen molar-refractivity contribution in [2.75, 3.05) is 24.2 Å². The van der Waals surface area contributed by atoms with Gasteiger partial charge < -0.3 is 15.0 Å². The van der Waals surface area contributed by atoms with Gasteiger partial charge in [0.2, 0.25) is 21.8 Å². The third-order valence-electron chi connectivity index (χ3n) is 6.24. The summed E-state index contributed by atoms with van der Waals surface area (Å²) in [7, 11) is -2.39. The quantitative estimate of drug-likeness (QED) is 0.437. The molecule has 3 rings (SSSR count). The third kappa shape index (κ3) is 7.36. The van der Waals surface area contributed by atoms with E-state index < -0.39 is 28.5 Å². The number of ether oxygens (including phenoxy) is 1. The van der Waals surface area contributed by atoms with E-state index in [-0.39, 0.29) is 29.2 Å². The van der Waals surface area contributed by atoms with E-state index in [4.69, 9.17) is 16.3 Å². The summed E-state index contributed by atoms with van der Waals surface area (Å²) in [4.78, 5) is 28.1. The number of halogens is 2. The zero-order valence-electron chi connectivity index (χ0n) is 20.5. The molecule has 8 nitrogen and oxygen atoms in total. The highest BCUT2D eigenvalue weighted by atomic mass is 79.9. The first-order valence-corrected chi connectivity index (χ1v) is 14.7. The normalized spacial score (nSPS) is 14.8. The van der Waals surface area contributed by atoms with Crippen LogP contribution in [-0.2, 0) is 26.2 Å². The van der Waals surface area contributed by atoms with Crippen LogP contribution in [0.15, 0.2) is 46.9 Å². The molecule has 1 unspecified atom stereocenters. The number of carbonyl (C=O) groups is 2. The van der Waals surface area contributed by atoms with Crippen molar-refractivity contribution in [2.45, 2.75) is 51.2 Å². The van der Waals surface area contributed by atoms with Gasteiger partial charge in [-0.1, -0.05) is 52.5 Å². The van der Waals surface area contributed by atoms with Crippen LogP contribution in [0.5, 0.6) is 5.75 Å². The zero-order chi connectivity index (χ0) is 26.5. The monoisotopic (exact) mass is 599 g/mol. The molecule has 1 fully saturated rings. The maximum atomic E-state index is 13.6. The van der Waals surface area contributed by atoms with Gasteiger partial charge in [0.15, 0.2) is 0 Å². The van der Waals surface area contributed by atoms with Crippen LogP contribution >= 0.6 is 27.5 Å². The van der Waals surface area contributed by atoms with Gasteiger partial charge in [-0.25, -0.2) is 8.42 Å². The van der Waals surface area contributed by atoms with Gasteiger partial charge in [-0.05, 0) is 55.7 Å². The molecule has 1 aliphatic rings. The second kappa shape index (κ2) is 12.3. The highest BCUT2D eigenvalue weighted by Gasteiger charge is 2.31. The largest absolute Gasteiger partial charge is 0.495 e. The number of anilines is 1. The highest BCUT2D eigenvalue weighted by molar-refractivity contribution is 9.10. The molecule has 1 N–H and O–H groups in total. The summed E-state index contributed by atoms with van der Waals surface area (Å²) in [5, 5.41) is 3.26. The minimum atomic E-state index is -3.85.